The van der Waals surface area contributed by atoms with E-state index in [0.717, 1.165) is 4.90 Å². The smallest absolute Gasteiger partial charge is 0.323 e. The average molecular weight is 305 g/mol. The zero-order chi connectivity index (χ0) is 17.1. The summed E-state index contributed by atoms with van der Waals surface area (Å²) in [6, 6.07) is 6.22. The Labute approximate surface area is 130 Å². The van der Waals surface area contributed by atoms with E-state index in [1.54, 1.807) is 19.1 Å². The molecule has 0 atom stereocenters. The Morgan fingerprint density at radius 3 is 1.91 bits per heavy atom. The van der Waals surface area contributed by atoms with Gasteiger partial charge in [-0.05, 0) is 52.0 Å². The van der Waals surface area contributed by atoms with E-state index in [9.17, 15) is 14.4 Å². The quantitative estimate of drug-likeness (QED) is 0.667. The molecule has 0 fully saturated rings. The second kappa shape index (κ2) is 6.60. The highest BCUT2D eigenvalue weighted by atomic mass is 16.2. The third kappa shape index (κ3) is 3.84. The number of anilines is 2. The van der Waals surface area contributed by atoms with Gasteiger partial charge in [-0.15, -0.1) is 0 Å². The molecule has 6 heteroatoms. The molecule has 0 spiro atoms. The molecule has 0 bridgehead atoms. The van der Waals surface area contributed by atoms with Gasteiger partial charge in [0.05, 0.1) is 5.69 Å². The van der Waals surface area contributed by atoms with Gasteiger partial charge in [0, 0.05) is 24.7 Å². The van der Waals surface area contributed by atoms with Crippen molar-refractivity contribution in [3.63, 3.8) is 0 Å². The summed E-state index contributed by atoms with van der Waals surface area (Å²) in [6.07, 6.45) is 0. The minimum Gasteiger partial charge on any atom is -0.399 e. The van der Waals surface area contributed by atoms with Gasteiger partial charge in [-0.3, -0.25) is 14.4 Å². The molecule has 0 heterocycles. The van der Waals surface area contributed by atoms with E-state index >= 15 is 0 Å². The van der Waals surface area contributed by atoms with Crippen LogP contribution >= 0.6 is 0 Å². The molecule has 0 aromatic heterocycles. The fraction of sp³-hybridized carbons (Fsp3) is 0.438. The number of benzene rings is 1. The summed E-state index contributed by atoms with van der Waals surface area (Å²) in [5, 5.41) is 0. The van der Waals surface area contributed by atoms with Gasteiger partial charge < -0.3 is 10.6 Å². The lowest BCUT2D eigenvalue weighted by atomic mass is 10.1. The predicted molar refractivity (Wildman–Crippen MR) is 86.2 cm³/mol. The maximum Gasteiger partial charge on any atom is 0.323 e. The van der Waals surface area contributed by atoms with Gasteiger partial charge >= 0.3 is 11.8 Å². The molecule has 0 saturated carbocycles. The zero-order valence-corrected chi connectivity index (χ0v) is 13.7. The van der Waals surface area contributed by atoms with Crippen LogP contribution in [0.15, 0.2) is 24.3 Å². The second-order valence-electron chi connectivity index (χ2n) is 5.97. The first-order valence-corrected chi connectivity index (χ1v) is 7.11. The fourth-order valence-electron chi connectivity index (χ4n) is 2.20. The molecule has 1 rings (SSSR count). The molecule has 6 nitrogen and oxygen atoms in total. The van der Waals surface area contributed by atoms with Gasteiger partial charge in [-0.1, -0.05) is 0 Å². The van der Waals surface area contributed by atoms with Crippen molar-refractivity contribution in [3.8, 4) is 0 Å². The fourth-order valence-corrected chi connectivity index (χ4v) is 2.20. The number of nitrogens with zero attached hydrogens (tertiary/aromatic N) is 2. The van der Waals surface area contributed by atoms with Crippen molar-refractivity contribution in [1.29, 1.82) is 0 Å². The molecule has 0 unspecified atom stereocenters. The van der Waals surface area contributed by atoms with E-state index in [1.807, 2.05) is 20.8 Å². The number of likely N-dealkylation sites (N-methyl/N-ethyl adjacent to an activating group) is 1. The molecule has 1 aromatic rings. The van der Waals surface area contributed by atoms with E-state index in [1.165, 1.54) is 24.0 Å². The van der Waals surface area contributed by atoms with Crippen molar-refractivity contribution in [2.24, 2.45) is 0 Å². The summed E-state index contributed by atoms with van der Waals surface area (Å²) in [5.41, 5.74) is 5.93. The number of nitrogens with two attached hydrogens (primary N) is 1. The van der Waals surface area contributed by atoms with E-state index in [2.05, 4.69) is 0 Å². The first-order valence-electron chi connectivity index (χ1n) is 7.11. The molecule has 2 N–H and O–H groups in total. The van der Waals surface area contributed by atoms with E-state index in [4.69, 9.17) is 5.73 Å². The number of imide groups is 1. The monoisotopic (exact) mass is 305 g/mol. The third-order valence-electron chi connectivity index (χ3n) is 3.22. The molecule has 22 heavy (non-hydrogen) atoms. The lowest BCUT2D eigenvalue weighted by Gasteiger charge is -2.35. The van der Waals surface area contributed by atoms with Crippen molar-refractivity contribution in [3.05, 3.63) is 24.3 Å². The maximum atomic E-state index is 12.5. The first kappa shape index (κ1) is 17.7. The molecule has 0 aliphatic carbocycles. The molecule has 1 aromatic carbocycles. The molecule has 0 radical (unpaired) electrons. The van der Waals surface area contributed by atoms with Crippen LogP contribution in [0.25, 0.3) is 0 Å². The summed E-state index contributed by atoms with van der Waals surface area (Å²) >= 11 is 0. The predicted octanol–water partition coefficient (Wildman–Crippen LogP) is 1.80. The highest BCUT2D eigenvalue weighted by Crippen LogP contribution is 2.19. The molecule has 0 aliphatic rings. The number of hydrogen-bond acceptors (Lipinski definition) is 4. The lowest BCUT2D eigenvalue weighted by Crippen LogP contribution is -2.53. The summed E-state index contributed by atoms with van der Waals surface area (Å²) in [6.45, 7) is 8.92. The summed E-state index contributed by atoms with van der Waals surface area (Å²) in [5.74, 6) is -2.09. The van der Waals surface area contributed by atoms with Gasteiger partial charge in [0.2, 0.25) is 5.91 Å². The Morgan fingerprint density at radius 1 is 1.05 bits per heavy atom. The van der Waals surface area contributed by atoms with E-state index < -0.39 is 23.3 Å². The number of nitrogen functional groups attached to an aromatic ring is 1. The van der Waals surface area contributed by atoms with Crippen molar-refractivity contribution in [2.45, 2.75) is 40.2 Å². The van der Waals surface area contributed by atoms with Crippen LogP contribution in [0, 0.1) is 0 Å². The number of carbonyl (C=O) groups is 3. The molecule has 0 aliphatic heterocycles. The summed E-state index contributed by atoms with van der Waals surface area (Å²) in [7, 11) is 0. The molecule has 120 valence electrons. The Kier molecular flexibility index (Phi) is 5.30. The topological polar surface area (TPSA) is 83.7 Å². The van der Waals surface area contributed by atoms with Crippen LogP contribution in [-0.4, -0.2) is 34.7 Å². The zero-order valence-electron chi connectivity index (χ0n) is 13.7. The maximum absolute atomic E-state index is 12.5. The normalized spacial score (nSPS) is 11.0. The Morgan fingerprint density at radius 2 is 1.55 bits per heavy atom. The van der Waals surface area contributed by atoms with Crippen LogP contribution < -0.4 is 10.6 Å². The third-order valence-corrected chi connectivity index (χ3v) is 3.22. The van der Waals surface area contributed by atoms with Crippen molar-refractivity contribution >= 4 is 29.1 Å². The first-order chi connectivity index (χ1) is 10.1. The number of rotatable bonds is 2. The lowest BCUT2D eigenvalue weighted by molar-refractivity contribution is -0.148. The summed E-state index contributed by atoms with van der Waals surface area (Å²) in [4.78, 5) is 39.1. The Balaban J connectivity index is 3.17. The van der Waals surface area contributed by atoms with Gasteiger partial charge in [0.15, 0.2) is 0 Å². The van der Waals surface area contributed by atoms with Crippen LogP contribution in [0.5, 0.6) is 0 Å². The molecular formula is C16H23N3O3. The van der Waals surface area contributed by atoms with Gasteiger partial charge in [-0.25, -0.2) is 4.90 Å². The van der Waals surface area contributed by atoms with Crippen molar-refractivity contribution in [1.82, 2.24) is 4.90 Å². The molecule has 0 saturated heterocycles. The standard InChI is InChI=1S/C16H23N3O3/c1-6-18(16(3,4)5)14(21)15(22)19(11(2)20)13-9-7-12(17)8-10-13/h7-10H,6,17H2,1-5H3. The number of carbonyl (C=O) groups excluding carboxylic acids is 3. The minimum absolute atomic E-state index is 0.324. The van der Waals surface area contributed by atoms with Crippen molar-refractivity contribution in [2.75, 3.05) is 17.2 Å². The van der Waals surface area contributed by atoms with Crippen LogP contribution in [0.4, 0.5) is 11.4 Å². The van der Waals surface area contributed by atoms with E-state index in [0.29, 0.717) is 17.9 Å². The van der Waals surface area contributed by atoms with Gasteiger partial charge in [-0.2, -0.15) is 0 Å². The van der Waals surface area contributed by atoms with Crippen LogP contribution in [-0.2, 0) is 14.4 Å². The van der Waals surface area contributed by atoms with Crippen LogP contribution in [0.1, 0.15) is 34.6 Å². The molecular weight excluding hydrogens is 282 g/mol. The Hall–Kier alpha value is -2.37. The summed E-state index contributed by atoms with van der Waals surface area (Å²) < 4.78 is 0. The molecule has 3 amide bonds. The SMILES string of the molecule is CCN(C(=O)C(=O)N(C(C)=O)c1ccc(N)cc1)C(C)(C)C. The van der Waals surface area contributed by atoms with Gasteiger partial charge in [0.1, 0.15) is 0 Å². The second-order valence-corrected chi connectivity index (χ2v) is 5.97. The van der Waals surface area contributed by atoms with Crippen LogP contribution in [0.3, 0.4) is 0 Å². The number of hydrogen-bond donors (Lipinski definition) is 1. The Bertz CT molecular complexity index is 573. The van der Waals surface area contributed by atoms with Gasteiger partial charge in [0.25, 0.3) is 0 Å². The largest absolute Gasteiger partial charge is 0.399 e. The average Bonchev–Trinajstić information content (AvgIpc) is 2.39. The van der Waals surface area contributed by atoms with Crippen LogP contribution in [0.2, 0.25) is 0 Å². The highest BCUT2D eigenvalue weighted by Gasteiger charge is 2.34. The van der Waals surface area contributed by atoms with Crippen molar-refractivity contribution < 1.29 is 14.4 Å². The minimum atomic E-state index is -0.867. The highest BCUT2D eigenvalue weighted by molar-refractivity contribution is 6.45. The number of amides is 3. The van der Waals surface area contributed by atoms with E-state index in [-0.39, 0.29) is 0 Å².